The second-order valence-electron chi connectivity index (χ2n) is 30.9. The van der Waals surface area contributed by atoms with Gasteiger partial charge in [0.2, 0.25) is 0 Å². The number of ether oxygens (including phenoxy) is 4. The standard InChI is InChI=1S/C88H167NO8/c1-6-8-10-12-14-16-18-20-22-24-26-28-30-32-34-36-38-39-40-41-42-43-44-45-46-47-49-51-53-55-57-59-61-63-65-67-69-71-73-75-77-79-86(91)97-84(83-96-88(87(92)93)94-81-80-89(3,4)5)82-95-85(90)78-76-74-72-70-68-66-64-62-60-58-56-54-52-50-48-37-35-33-31-29-27-25-23-21-19-17-15-13-11-9-7-2/h18,20,24,26,30,32,84,88H,6-17,19,21-23,25,27-29,31,33-83H2,1-5H3/p+1/b20-18-,26-24-,32-30-. The van der Waals surface area contributed by atoms with Gasteiger partial charge in [-0.1, -0.05) is 423 Å². The maximum absolute atomic E-state index is 13.0. The molecule has 0 amide bonds. The molecule has 0 fully saturated rings. The third-order valence-electron chi connectivity index (χ3n) is 19.9. The van der Waals surface area contributed by atoms with Crippen LogP contribution in [-0.4, -0.2) is 87.4 Å². The summed E-state index contributed by atoms with van der Waals surface area (Å²) in [5.74, 6) is -1.96. The summed E-state index contributed by atoms with van der Waals surface area (Å²) in [7, 11) is 6.00. The van der Waals surface area contributed by atoms with Crippen LogP contribution in [0.1, 0.15) is 450 Å². The van der Waals surface area contributed by atoms with Gasteiger partial charge in [0, 0.05) is 12.8 Å². The first-order chi connectivity index (χ1) is 47.6. The van der Waals surface area contributed by atoms with Gasteiger partial charge in [0.25, 0.3) is 6.29 Å². The number of carbonyl (C=O) groups is 3. The number of nitrogens with zero attached hydrogens (tertiary/aromatic N) is 1. The van der Waals surface area contributed by atoms with E-state index in [1.54, 1.807) is 0 Å². The first-order valence-corrected chi connectivity index (χ1v) is 43.2. The van der Waals surface area contributed by atoms with Crippen molar-refractivity contribution in [1.82, 2.24) is 0 Å². The fourth-order valence-corrected chi connectivity index (χ4v) is 13.3. The third-order valence-corrected chi connectivity index (χ3v) is 19.9. The van der Waals surface area contributed by atoms with E-state index in [2.05, 4.69) is 50.3 Å². The number of carboxylic acid groups (broad SMARTS) is 1. The molecule has 0 bridgehead atoms. The zero-order chi connectivity index (χ0) is 70.4. The lowest BCUT2D eigenvalue weighted by Crippen LogP contribution is -2.40. The van der Waals surface area contributed by atoms with Crippen LogP contribution in [0.15, 0.2) is 36.5 Å². The van der Waals surface area contributed by atoms with Crippen molar-refractivity contribution in [3.63, 3.8) is 0 Å². The summed E-state index contributed by atoms with van der Waals surface area (Å²) < 4.78 is 23.1. The third kappa shape index (κ3) is 80.7. The first kappa shape index (κ1) is 94.5. The highest BCUT2D eigenvalue weighted by atomic mass is 16.7. The Morgan fingerprint density at radius 1 is 0.309 bits per heavy atom. The van der Waals surface area contributed by atoms with Gasteiger partial charge in [-0.25, -0.2) is 4.79 Å². The molecule has 0 aliphatic carbocycles. The van der Waals surface area contributed by atoms with Crippen molar-refractivity contribution in [2.24, 2.45) is 0 Å². The smallest absolute Gasteiger partial charge is 0.361 e. The number of carbonyl (C=O) groups excluding carboxylic acids is 2. The number of aliphatic carboxylic acids is 1. The Morgan fingerprint density at radius 2 is 0.557 bits per heavy atom. The molecule has 0 saturated heterocycles. The highest BCUT2D eigenvalue weighted by Gasteiger charge is 2.25. The van der Waals surface area contributed by atoms with E-state index in [9.17, 15) is 19.5 Å². The summed E-state index contributed by atoms with van der Waals surface area (Å²) in [6.45, 7) is 4.96. The van der Waals surface area contributed by atoms with E-state index in [1.165, 1.54) is 372 Å². The predicted molar refractivity (Wildman–Crippen MR) is 420 cm³/mol. The normalized spacial score (nSPS) is 12.7. The largest absolute Gasteiger partial charge is 0.477 e. The molecule has 572 valence electrons. The van der Waals surface area contributed by atoms with Crippen LogP contribution >= 0.6 is 0 Å². The molecule has 2 unspecified atom stereocenters. The topological polar surface area (TPSA) is 108 Å². The van der Waals surface area contributed by atoms with Crippen molar-refractivity contribution < 1.29 is 42.9 Å². The second kappa shape index (κ2) is 79.2. The van der Waals surface area contributed by atoms with Crippen molar-refractivity contribution >= 4 is 17.9 Å². The van der Waals surface area contributed by atoms with E-state index >= 15 is 0 Å². The summed E-state index contributed by atoms with van der Waals surface area (Å²) in [5.41, 5.74) is 0. The van der Waals surface area contributed by atoms with E-state index < -0.39 is 18.4 Å². The van der Waals surface area contributed by atoms with Crippen molar-refractivity contribution in [3.8, 4) is 0 Å². The van der Waals surface area contributed by atoms with Gasteiger partial charge in [-0.15, -0.1) is 0 Å². The van der Waals surface area contributed by atoms with Gasteiger partial charge in [0.15, 0.2) is 6.10 Å². The first-order valence-electron chi connectivity index (χ1n) is 43.2. The Kier molecular flexibility index (Phi) is 77.2. The predicted octanol–water partition coefficient (Wildman–Crippen LogP) is 27.8. The van der Waals surface area contributed by atoms with Crippen LogP contribution in [-0.2, 0) is 33.3 Å². The Hall–Kier alpha value is -2.49. The van der Waals surface area contributed by atoms with Gasteiger partial charge in [-0.05, 0) is 51.4 Å². The Balaban J connectivity index is 3.91. The van der Waals surface area contributed by atoms with Gasteiger partial charge in [0.05, 0.1) is 34.4 Å². The molecule has 9 heteroatoms. The second-order valence-corrected chi connectivity index (χ2v) is 30.9. The number of rotatable bonds is 82. The maximum atomic E-state index is 13.0. The molecular formula is C88H168NO8+. The molecular weight excluding hydrogens is 1200 g/mol. The van der Waals surface area contributed by atoms with E-state index in [1.807, 2.05) is 21.1 Å². The van der Waals surface area contributed by atoms with Gasteiger partial charge in [-0.3, -0.25) is 9.59 Å². The van der Waals surface area contributed by atoms with Gasteiger partial charge in [0.1, 0.15) is 13.2 Å². The maximum Gasteiger partial charge on any atom is 0.361 e. The van der Waals surface area contributed by atoms with Gasteiger partial charge >= 0.3 is 17.9 Å². The molecule has 97 heavy (non-hydrogen) atoms. The fraction of sp³-hybridized carbons (Fsp3) is 0.898. The molecule has 0 aromatic carbocycles. The van der Waals surface area contributed by atoms with Crippen LogP contribution in [0.2, 0.25) is 0 Å². The summed E-state index contributed by atoms with van der Waals surface area (Å²) in [6, 6.07) is 0. The van der Waals surface area contributed by atoms with Crippen LogP contribution in [0, 0.1) is 0 Å². The molecule has 0 aliphatic rings. The van der Waals surface area contributed by atoms with E-state index in [0.717, 1.165) is 51.4 Å². The van der Waals surface area contributed by atoms with Crippen molar-refractivity contribution in [2.45, 2.75) is 463 Å². The molecule has 0 aromatic heterocycles. The lowest BCUT2D eigenvalue weighted by atomic mass is 10.0. The molecule has 0 radical (unpaired) electrons. The van der Waals surface area contributed by atoms with Crippen LogP contribution in [0.3, 0.4) is 0 Å². The summed E-state index contributed by atoms with van der Waals surface area (Å²) in [5, 5.41) is 9.78. The van der Waals surface area contributed by atoms with E-state index in [-0.39, 0.29) is 38.2 Å². The van der Waals surface area contributed by atoms with Crippen LogP contribution in [0.5, 0.6) is 0 Å². The van der Waals surface area contributed by atoms with Crippen LogP contribution < -0.4 is 0 Å². The molecule has 0 aromatic rings. The molecule has 0 heterocycles. The van der Waals surface area contributed by atoms with Crippen molar-refractivity contribution in [3.05, 3.63) is 36.5 Å². The highest BCUT2D eigenvalue weighted by Crippen LogP contribution is 2.21. The number of likely N-dealkylation sites (N-methyl/N-ethyl adjacent to an activating group) is 1. The summed E-state index contributed by atoms with van der Waals surface area (Å²) in [6.07, 6.45) is 101. The monoisotopic (exact) mass is 1370 g/mol. The Bertz CT molecular complexity index is 1690. The van der Waals surface area contributed by atoms with Crippen LogP contribution in [0.4, 0.5) is 0 Å². The Morgan fingerprint density at radius 3 is 0.825 bits per heavy atom. The average Bonchev–Trinajstić information content (AvgIpc) is 3.27. The summed E-state index contributed by atoms with van der Waals surface area (Å²) >= 11 is 0. The molecule has 0 saturated carbocycles. The van der Waals surface area contributed by atoms with Crippen LogP contribution in [0.25, 0.3) is 0 Å². The zero-order valence-electron chi connectivity index (χ0n) is 65.8. The van der Waals surface area contributed by atoms with E-state index in [4.69, 9.17) is 18.9 Å². The van der Waals surface area contributed by atoms with E-state index in [0.29, 0.717) is 17.4 Å². The summed E-state index contributed by atoms with van der Waals surface area (Å²) in [4.78, 5) is 37.8. The fourth-order valence-electron chi connectivity index (χ4n) is 13.3. The minimum atomic E-state index is -1.51. The minimum Gasteiger partial charge on any atom is -0.477 e. The number of hydrogen-bond acceptors (Lipinski definition) is 7. The van der Waals surface area contributed by atoms with Gasteiger partial charge < -0.3 is 28.5 Å². The number of unbranched alkanes of at least 4 members (excludes halogenated alkanes) is 61. The van der Waals surface area contributed by atoms with Gasteiger partial charge in [-0.2, -0.15) is 0 Å². The number of carboxylic acids is 1. The number of allylic oxidation sites excluding steroid dienone is 6. The highest BCUT2D eigenvalue weighted by molar-refractivity contribution is 5.71. The SMILES string of the molecule is CCCCCCC/C=C\C/C=C\C/C=C\CCCCCCCCCCCCCCCCCCCCCCCCCCCCC(=O)OC(COC(=O)CCCCCCCCCCCCCCCCCCCCCCCCCCCCCCCCC)COC(OCC[N+](C)(C)C)C(=O)O. The molecule has 0 rings (SSSR count). The lowest BCUT2D eigenvalue weighted by Gasteiger charge is -2.25. The lowest BCUT2D eigenvalue weighted by molar-refractivity contribution is -0.870. The molecule has 0 spiro atoms. The van der Waals surface area contributed by atoms with Crippen molar-refractivity contribution in [1.29, 1.82) is 0 Å². The number of hydrogen-bond donors (Lipinski definition) is 1. The quantitative estimate of drug-likeness (QED) is 0.0211. The minimum absolute atomic E-state index is 0.174. The molecule has 0 aliphatic heterocycles. The molecule has 9 nitrogen and oxygen atoms in total. The number of quaternary nitrogens is 1. The average molecular weight is 1370 g/mol. The molecule has 1 N–H and O–H groups in total. The number of esters is 2. The Labute approximate surface area is 604 Å². The molecule has 2 atom stereocenters. The van der Waals surface area contributed by atoms with Crippen molar-refractivity contribution in [2.75, 3.05) is 47.5 Å². The zero-order valence-corrected chi connectivity index (χ0v) is 65.8.